The van der Waals surface area contributed by atoms with Crippen LogP contribution in [0.3, 0.4) is 0 Å². The number of thiophene rings is 1. The van der Waals surface area contributed by atoms with E-state index in [2.05, 4.69) is 21.2 Å². The fraction of sp³-hybridized carbons (Fsp3) is 0.0714. The molecule has 2 aromatic rings. The van der Waals surface area contributed by atoms with Crippen molar-refractivity contribution in [2.45, 2.75) is 6.92 Å². The molecule has 0 spiro atoms. The van der Waals surface area contributed by atoms with E-state index in [0.29, 0.717) is 0 Å². The van der Waals surface area contributed by atoms with E-state index < -0.39 is 0 Å². The third-order valence-corrected chi connectivity index (χ3v) is 3.77. The van der Waals surface area contributed by atoms with Crippen LogP contribution < -0.4 is 5.32 Å². The lowest BCUT2D eigenvalue weighted by molar-refractivity contribution is -0.111. The van der Waals surface area contributed by atoms with E-state index >= 15 is 0 Å². The SMILES string of the molecule is Cc1ccc(/C=C/C(=O)Nc2ccc(Br)cc2)s1. The number of carbonyl (C=O) groups is 1. The summed E-state index contributed by atoms with van der Waals surface area (Å²) < 4.78 is 0.991. The summed E-state index contributed by atoms with van der Waals surface area (Å²) in [5.41, 5.74) is 0.787. The predicted molar refractivity (Wildman–Crippen MR) is 80.9 cm³/mol. The first-order valence-corrected chi connectivity index (χ1v) is 7.05. The molecule has 2 rings (SSSR count). The van der Waals surface area contributed by atoms with Crippen molar-refractivity contribution in [2.24, 2.45) is 0 Å². The van der Waals surface area contributed by atoms with Gasteiger partial charge in [-0.1, -0.05) is 15.9 Å². The topological polar surface area (TPSA) is 29.1 Å². The minimum Gasteiger partial charge on any atom is -0.323 e. The van der Waals surface area contributed by atoms with Gasteiger partial charge in [0.2, 0.25) is 5.91 Å². The number of aryl methyl sites for hydroxylation is 1. The first-order chi connectivity index (χ1) is 8.63. The minimum absolute atomic E-state index is 0.122. The Labute approximate surface area is 118 Å². The molecule has 0 unspecified atom stereocenters. The van der Waals surface area contributed by atoms with Gasteiger partial charge in [0.05, 0.1) is 0 Å². The fourth-order valence-electron chi connectivity index (χ4n) is 1.42. The Kier molecular flexibility index (Phi) is 4.33. The quantitative estimate of drug-likeness (QED) is 0.830. The van der Waals surface area contributed by atoms with Gasteiger partial charge in [-0.15, -0.1) is 11.3 Å². The van der Waals surface area contributed by atoms with Gasteiger partial charge in [0, 0.05) is 26.0 Å². The van der Waals surface area contributed by atoms with Crippen LogP contribution >= 0.6 is 27.3 Å². The van der Waals surface area contributed by atoms with Crippen LogP contribution in [0.2, 0.25) is 0 Å². The molecule has 1 N–H and O–H groups in total. The molecule has 0 bridgehead atoms. The van der Waals surface area contributed by atoms with Gasteiger partial charge < -0.3 is 5.32 Å². The molecule has 0 saturated heterocycles. The molecule has 4 heteroatoms. The molecule has 0 radical (unpaired) electrons. The minimum atomic E-state index is -0.122. The van der Waals surface area contributed by atoms with E-state index in [1.807, 2.05) is 49.4 Å². The number of hydrogen-bond acceptors (Lipinski definition) is 2. The maximum absolute atomic E-state index is 11.7. The molecule has 0 fully saturated rings. The van der Waals surface area contributed by atoms with Gasteiger partial charge >= 0.3 is 0 Å². The van der Waals surface area contributed by atoms with Crippen molar-refractivity contribution < 1.29 is 4.79 Å². The summed E-state index contributed by atoms with van der Waals surface area (Å²) in [5, 5.41) is 2.80. The van der Waals surface area contributed by atoms with Crippen molar-refractivity contribution in [3.8, 4) is 0 Å². The Morgan fingerprint density at radius 1 is 1.22 bits per heavy atom. The van der Waals surface area contributed by atoms with Crippen LogP contribution in [0.25, 0.3) is 6.08 Å². The number of carbonyl (C=O) groups excluding carboxylic acids is 1. The zero-order valence-corrected chi connectivity index (χ0v) is 12.2. The van der Waals surface area contributed by atoms with Crippen molar-refractivity contribution in [1.82, 2.24) is 0 Å². The van der Waals surface area contributed by atoms with Crippen LogP contribution in [-0.4, -0.2) is 5.91 Å². The predicted octanol–water partition coefficient (Wildman–Crippen LogP) is 4.47. The van der Waals surface area contributed by atoms with Gasteiger partial charge in [0.25, 0.3) is 0 Å². The molecular formula is C14H12BrNOS. The first-order valence-electron chi connectivity index (χ1n) is 5.44. The summed E-state index contributed by atoms with van der Waals surface area (Å²) in [6.07, 6.45) is 3.37. The Bertz CT molecular complexity index is 572. The van der Waals surface area contributed by atoms with Crippen LogP contribution in [0.4, 0.5) is 5.69 Å². The zero-order valence-electron chi connectivity index (χ0n) is 9.81. The fourth-order valence-corrected chi connectivity index (χ4v) is 2.46. The molecule has 0 aliphatic rings. The van der Waals surface area contributed by atoms with Crippen molar-refractivity contribution in [3.05, 3.63) is 56.7 Å². The molecular weight excluding hydrogens is 310 g/mol. The van der Waals surface area contributed by atoms with Crippen molar-refractivity contribution in [3.63, 3.8) is 0 Å². The van der Waals surface area contributed by atoms with Crippen molar-refractivity contribution in [2.75, 3.05) is 5.32 Å². The van der Waals surface area contributed by atoms with E-state index in [0.717, 1.165) is 15.0 Å². The molecule has 2 nitrogen and oxygen atoms in total. The maximum atomic E-state index is 11.7. The number of amides is 1. The number of benzene rings is 1. The molecule has 18 heavy (non-hydrogen) atoms. The second kappa shape index (κ2) is 5.98. The summed E-state index contributed by atoms with van der Waals surface area (Å²) in [7, 11) is 0. The van der Waals surface area contributed by atoms with E-state index in [1.165, 1.54) is 4.88 Å². The lowest BCUT2D eigenvalue weighted by Gasteiger charge is -2.01. The number of hydrogen-bond donors (Lipinski definition) is 1. The van der Waals surface area contributed by atoms with E-state index in [9.17, 15) is 4.79 Å². The monoisotopic (exact) mass is 321 g/mol. The van der Waals surface area contributed by atoms with E-state index in [4.69, 9.17) is 0 Å². The highest BCUT2D eigenvalue weighted by atomic mass is 79.9. The highest BCUT2D eigenvalue weighted by Crippen LogP contribution is 2.17. The summed E-state index contributed by atoms with van der Waals surface area (Å²) in [4.78, 5) is 14.0. The van der Waals surface area contributed by atoms with Crippen LogP contribution in [0.15, 0.2) is 46.9 Å². The Hall–Kier alpha value is -1.39. The van der Waals surface area contributed by atoms with Gasteiger partial charge in [-0.3, -0.25) is 4.79 Å². The van der Waals surface area contributed by atoms with Gasteiger partial charge in [-0.05, 0) is 49.4 Å². The Morgan fingerprint density at radius 2 is 1.94 bits per heavy atom. The molecule has 0 aliphatic heterocycles. The second-order valence-corrected chi connectivity index (χ2v) is 6.01. The normalized spacial score (nSPS) is 10.8. The summed E-state index contributed by atoms with van der Waals surface area (Å²) in [6.45, 7) is 2.05. The average molecular weight is 322 g/mol. The molecule has 1 amide bonds. The molecule has 92 valence electrons. The van der Waals surface area contributed by atoms with Crippen molar-refractivity contribution >= 4 is 44.9 Å². The zero-order chi connectivity index (χ0) is 13.0. The smallest absolute Gasteiger partial charge is 0.248 e. The average Bonchev–Trinajstić information content (AvgIpc) is 2.76. The van der Waals surface area contributed by atoms with Crippen molar-refractivity contribution in [1.29, 1.82) is 0 Å². The van der Waals surface area contributed by atoms with Crippen LogP contribution in [-0.2, 0) is 4.79 Å². The van der Waals surface area contributed by atoms with Crippen LogP contribution in [0.5, 0.6) is 0 Å². The number of halogens is 1. The Balaban J connectivity index is 1.96. The lowest BCUT2D eigenvalue weighted by atomic mass is 10.3. The Morgan fingerprint density at radius 3 is 2.56 bits per heavy atom. The molecule has 0 atom stereocenters. The number of nitrogens with one attached hydrogen (secondary N) is 1. The van der Waals surface area contributed by atoms with Crippen LogP contribution in [0.1, 0.15) is 9.75 Å². The molecule has 0 aliphatic carbocycles. The molecule has 0 saturated carbocycles. The lowest BCUT2D eigenvalue weighted by Crippen LogP contribution is -2.07. The van der Waals surface area contributed by atoms with Gasteiger partial charge in [0.1, 0.15) is 0 Å². The molecule has 1 heterocycles. The summed E-state index contributed by atoms with van der Waals surface area (Å²) >= 11 is 5.01. The number of rotatable bonds is 3. The third-order valence-electron chi connectivity index (χ3n) is 2.27. The standard InChI is InChI=1S/C14H12BrNOS/c1-10-2-7-13(18-10)8-9-14(17)16-12-5-3-11(15)4-6-12/h2-9H,1H3,(H,16,17)/b9-8+. The summed E-state index contributed by atoms with van der Waals surface area (Å²) in [6, 6.07) is 11.5. The highest BCUT2D eigenvalue weighted by molar-refractivity contribution is 9.10. The third kappa shape index (κ3) is 3.82. The van der Waals surface area contributed by atoms with E-state index in [-0.39, 0.29) is 5.91 Å². The van der Waals surface area contributed by atoms with E-state index in [1.54, 1.807) is 17.4 Å². The van der Waals surface area contributed by atoms with Crippen LogP contribution in [0, 0.1) is 6.92 Å². The summed E-state index contributed by atoms with van der Waals surface area (Å²) in [5.74, 6) is -0.122. The van der Waals surface area contributed by atoms with Gasteiger partial charge in [-0.25, -0.2) is 0 Å². The highest BCUT2D eigenvalue weighted by Gasteiger charge is 1.98. The number of anilines is 1. The second-order valence-electron chi connectivity index (χ2n) is 3.78. The molecule has 1 aromatic carbocycles. The largest absolute Gasteiger partial charge is 0.323 e. The molecule has 1 aromatic heterocycles. The maximum Gasteiger partial charge on any atom is 0.248 e. The first kappa shape index (κ1) is 13.1. The van der Waals surface area contributed by atoms with Gasteiger partial charge in [0.15, 0.2) is 0 Å². The van der Waals surface area contributed by atoms with Gasteiger partial charge in [-0.2, -0.15) is 0 Å².